The fourth-order valence-corrected chi connectivity index (χ4v) is 3.73. The molecule has 0 aliphatic carbocycles. The maximum atomic E-state index is 12.3. The lowest BCUT2D eigenvalue weighted by atomic mass is 10.1. The van der Waals surface area contributed by atoms with E-state index in [1.165, 1.54) is 4.90 Å². The highest BCUT2D eigenvalue weighted by Gasteiger charge is 2.34. The van der Waals surface area contributed by atoms with Crippen LogP contribution in [0.4, 0.5) is 5.69 Å². The summed E-state index contributed by atoms with van der Waals surface area (Å²) >= 11 is 1.57. The molecule has 0 saturated heterocycles. The molecule has 0 saturated carbocycles. The van der Waals surface area contributed by atoms with Crippen LogP contribution in [0.5, 0.6) is 0 Å². The van der Waals surface area contributed by atoms with E-state index in [9.17, 15) is 14.4 Å². The zero-order chi connectivity index (χ0) is 19.2. The summed E-state index contributed by atoms with van der Waals surface area (Å²) in [6.45, 7) is 2.42. The van der Waals surface area contributed by atoms with Crippen LogP contribution in [0.15, 0.2) is 53.4 Å². The lowest BCUT2D eigenvalue weighted by Crippen LogP contribution is -2.31. The van der Waals surface area contributed by atoms with Crippen LogP contribution in [0.1, 0.15) is 46.9 Å². The van der Waals surface area contributed by atoms with Crippen LogP contribution >= 0.6 is 11.8 Å². The molecule has 5 nitrogen and oxygen atoms in total. The van der Waals surface area contributed by atoms with Gasteiger partial charge in [-0.05, 0) is 42.8 Å². The molecule has 0 radical (unpaired) electrons. The van der Waals surface area contributed by atoms with Crippen LogP contribution in [-0.4, -0.2) is 34.9 Å². The second-order valence-corrected chi connectivity index (χ2v) is 7.50. The van der Waals surface area contributed by atoms with E-state index in [4.69, 9.17) is 0 Å². The van der Waals surface area contributed by atoms with E-state index in [-0.39, 0.29) is 17.7 Å². The lowest BCUT2D eigenvalue weighted by molar-refractivity contribution is -0.116. The van der Waals surface area contributed by atoms with E-state index in [0.717, 1.165) is 23.4 Å². The summed E-state index contributed by atoms with van der Waals surface area (Å²) in [6, 6.07) is 14.5. The Labute approximate surface area is 163 Å². The molecule has 0 atom stereocenters. The van der Waals surface area contributed by atoms with Crippen molar-refractivity contribution in [2.75, 3.05) is 17.6 Å². The number of imide groups is 1. The minimum atomic E-state index is -0.221. The van der Waals surface area contributed by atoms with Crippen molar-refractivity contribution in [1.29, 1.82) is 0 Å². The second kappa shape index (κ2) is 8.86. The molecule has 2 aromatic carbocycles. The molecule has 3 amide bonds. The van der Waals surface area contributed by atoms with Crippen LogP contribution < -0.4 is 5.32 Å². The Hall–Kier alpha value is -2.60. The average Bonchev–Trinajstić information content (AvgIpc) is 2.93. The van der Waals surface area contributed by atoms with Gasteiger partial charge in [-0.25, -0.2) is 0 Å². The van der Waals surface area contributed by atoms with Gasteiger partial charge in [-0.3, -0.25) is 19.3 Å². The molecule has 0 unspecified atom stereocenters. The van der Waals surface area contributed by atoms with E-state index in [0.29, 0.717) is 29.8 Å². The number of rotatable bonds is 8. The van der Waals surface area contributed by atoms with Crippen LogP contribution in [0, 0.1) is 0 Å². The minimum absolute atomic E-state index is 0.0304. The number of thioether (sulfide) groups is 1. The molecule has 0 aromatic heterocycles. The molecule has 1 heterocycles. The molecule has 6 heteroatoms. The summed E-state index contributed by atoms with van der Waals surface area (Å²) in [6.07, 6.45) is 2.42. The number of carbonyl (C=O) groups is 3. The maximum absolute atomic E-state index is 12.3. The number of nitrogens with zero attached hydrogens (tertiary/aromatic N) is 1. The van der Waals surface area contributed by atoms with Gasteiger partial charge < -0.3 is 5.32 Å². The van der Waals surface area contributed by atoms with Gasteiger partial charge in [0.25, 0.3) is 11.8 Å². The third-order valence-electron chi connectivity index (χ3n) is 4.36. The summed E-state index contributed by atoms with van der Waals surface area (Å²) in [5.41, 5.74) is 1.74. The van der Waals surface area contributed by atoms with Gasteiger partial charge in [0.15, 0.2) is 0 Å². The highest BCUT2D eigenvalue weighted by molar-refractivity contribution is 7.99. The summed E-state index contributed by atoms with van der Waals surface area (Å²) in [4.78, 5) is 38.7. The smallest absolute Gasteiger partial charge is 0.261 e. The van der Waals surface area contributed by atoms with Crippen molar-refractivity contribution < 1.29 is 14.4 Å². The van der Waals surface area contributed by atoms with E-state index < -0.39 is 0 Å². The van der Waals surface area contributed by atoms with Gasteiger partial charge in [0, 0.05) is 29.3 Å². The summed E-state index contributed by atoms with van der Waals surface area (Å²) < 4.78 is 0. The van der Waals surface area contributed by atoms with Gasteiger partial charge in [-0.1, -0.05) is 25.5 Å². The van der Waals surface area contributed by atoms with Gasteiger partial charge in [0.2, 0.25) is 5.91 Å². The standard InChI is InChI=1S/C21H22N2O3S/c1-2-3-8-19(24)22-15-9-11-16(12-10-15)27-14-13-23-20(25)17-6-4-5-7-18(17)21(23)26/h4-7,9-12H,2-3,8,13-14H2,1H3,(H,22,24). The molecule has 0 spiro atoms. The molecule has 27 heavy (non-hydrogen) atoms. The number of hydrogen-bond acceptors (Lipinski definition) is 4. The number of fused-ring (bicyclic) bond motifs is 1. The first-order valence-corrected chi connectivity index (χ1v) is 10.1. The van der Waals surface area contributed by atoms with Crippen molar-refractivity contribution in [3.05, 3.63) is 59.7 Å². The molecular formula is C21H22N2O3S. The lowest BCUT2D eigenvalue weighted by Gasteiger charge is -2.13. The number of hydrogen-bond donors (Lipinski definition) is 1. The number of unbranched alkanes of at least 4 members (excludes halogenated alkanes) is 1. The van der Waals surface area contributed by atoms with Crippen molar-refractivity contribution >= 4 is 35.2 Å². The number of carbonyl (C=O) groups excluding carboxylic acids is 3. The summed E-state index contributed by atoms with van der Waals surface area (Å²) in [7, 11) is 0. The zero-order valence-electron chi connectivity index (χ0n) is 15.2. The first kappa shape index (κ1) is 19.2. The minimum Gasteiger partial charge on any atom is -0.326 e. The first-order valence-electron chi connectivity index (χ1n) is 9.08. The molecule has 1 aliphatic rings. The predicted molar refractivity (Wildman–Crippen MR) is 107 cm³/mol. The normalized spacial score (nSPS) is 13.0. The van der Waals surface area contributed by atoms with Crippen molar-refractivity contribution in [3.63, 3.8) is 0 Å². The molecule has 140 valence electrons. The van der Waals surface area contributed by atoms with Gasteiger partial charge in [-0.2, -0.15) is 0 Å². The molecular weight excluding hydrogens is 360 g/mol. The Morgan fingerprint density at radius 1 is 1.00 bits per heavy atom. The summed E-state index contributed by atoms with van der Waals surface area (Å²) in [5, 5.41) is 2.88. The summed E-state index contributed by atoms with van der Waals surface area (Å²) in [5.74, 6) is 0.207. The number of anilines is 1. The van der Waals surface area contributed by atoms with Crippen molar-refractivity contribution in [3.8, 4) is 0 Å². The number of amides is 3. The van der Waals surface area contributed by atoms with Gasteiger partial charge >= 0.3 is 0 Å². The highest BCUT2D eigenvalue weighted by atomic mass is 32.2. The Morgan fingerprint density at radius 2 is 1.63 bits per heavy atom. The highest BCUT2D eigenvalue weighted by Crippen LogP contribution is 2.25. The van der Waals surface area contributed by atoms with Crippen LogP contribution in [0.25, 0.3) is 0 Å². The monoisotopic (exact) mass is 382 g/mol. The van der Waals surface area contributed by atoms with E-state index in [1.54, 1.807) is 36.0 Å². The zero-order valence-corrected chi connectivity index (χ0v) is 16.1. The van der Waals surface area contributed by atoms with Crippen molar-refractivity contribution in [2.45, 2.75) is 31.1 Å². The molecule has 1 N–H and O–H groups in total. The molecule has 0 fully saturated rings. The first-order chi connectivity index (χ1) is 13.1. The number of benzene rings is 2. The molecule has 2 aromatic rings. The third-order valence-corrected chi connectivity index (χ3v) is 5.35. The second-order valence-electron chi connectivity index (χ2n) is 6.33. The SMILES string of the molecule is CCCCC(=O)Nc1ccc(SCCN2C(=O)c3ccccc3C2=O)cc1. The average molecular weight is 382 g/mol. The largest absolute Gasteiger partial charge is 0.326 e. The quantitative estimate of drug-likeness (QED) is 0.549. The maximum Gasteiger partial charge on any atom is 0.261 e. The fraction of sp³-hybridized carbons (Fsp3) is 0.286. The van der Waals surface area contributed by atoms with Gasteiger partial charge in [-0.15, -0.1) is 11.8 Å². The molecule has 1 aliphatic heterocycles. The van der Waals surface area contributed by atoms with Crippen molar-refractivity contribution in [1.82, 2.24) is 4.90 Å². The number of nitrogens with one attached hydrogen (secondary N) is 1. The van der Waals surface area contributed by atoms with Crippen LogP contribution in [0.2, 0.25) is 0 Å². The van der Waals surface area contributed by atoms with Gasteiger partial charge in [0.1, 0.15) is 0 Å². The van der Waals surface area contributed by atoms with Crippen LogP contribution in [-0.2, 0) is 4.79 Å². The topological polar surface area (TPSA) is 66.5 Å². The van der Waals surface area contributed by atoms with E-state index in [2.05, 4.69) is 12.2 Å². The Morgan fingerprint density at radius 3 is 2.22 bits per heavy atom. The Balaban J connectivity index is 1.49. The van der Waals surface area contributed by atoms with E-state index in [1.807, 2.05) is 24.3 Å². The molecule has 0 bridgehead atoms. The van der Waals surface area contributed by atoms with Crippen molar-refractivity contribution in [2.24, 2.45) is 0 Å². The predicted octanol–water partition coefficient (Wildman–Crippen LogP) is 4.20. The van der Waals surface area contributed by atoms with E-state index >= 15 is 0 Å². The third kappa shape index (κ3) is 4.57. The Kier molecular flexibility index (Phi) is 6.29. The van der Waals surface area contributed by atoms with Crippen LogP contribution in [0.3, 0.4) is 0 Å². The fourth-order valence-electron chi connectivity index (χ4n) is 2.89. The Bertz CT molecular complexity index is 814. The van der Waals surface area contributed by atoms with Gasteiger partial charge in [0.05, 0.1) is 11.1 Å². The molecule has 3 rings (SSSR count).